The number of benzene rings is 1. The summed E-state index contributed by atoms with van der Waals surface area (Å²) in [5, 5.41) is 2.81. The summed E-state index contributed by atoms with van der Waals surface area (Å²) in [6.07, 6.45) is -0.338. The van der Waals surface area contributed by atoms with Crippen LogP contribution in [0.5, 0.6) is 0 Å². The molecule has 0 aromatic heterocycles. The van der Waals surface area contributed by atoms with E-state index in [1.165, 1.54) is 6.92 Å². The van der Waals surface area contributed by atoms with Gasteiger partial charge in [0.25, 0.3) is 11.3 Å². The normalized spacial score (nSPS) is 21.3. The minimum atomic E-state index is -1.60. The molecule has 7 heteroatoms. The number of hydrogen-bond acceptors (Lipinski definition) is 4. The van der Waals surface area contributed by atoms with Gasteiger partial charge >= 0.3 is 0 Å². The highest BCUT2D eigenvalue weighted by Gasteiger charge is 2.32. The zero-order valence-electron chi connectivity index (χ0n) is 13.8. The Bertz CT molecular complexity index is 622. The molecule has 126 valence electrons. The quantitative estimate of drug-likeness (QED) is 0.850. The number of hydrogen-bond donors (Lipinski definition) is 1. The van der Waals surface area contributed by atoms with Crippen LogP contribution in [0.4, 0.5) is 5.69 Å². The van der Waals surface area contributed by atoms with Gasteiger partial charge in [0.15, 0.2) is 5.78 Å². The van der Waals surface area contributed by atoms with Crippen LogP contribution in [0.1, 0.15) is 38.1 Å². The van der Waals surface area contributed by atoms with Crippen molar-refractivity contribution in [3.63, 3.8) is 0 Å². The third-order valence-corrected chi connectivity index (χ3v) is 4.66. The molecule has 23 heavy (non-hydrogen) atoms. The van der Waals surface area contributed by atoms with Crippen molar-refractivity contribution in [2.45, 2.75) is 33.8 Å². The largest absolute Gasteiger partial charge is 0.353 e. The Hall–Kier alpha value is -1.73. The summed E-state index contributed by atoms with van der Waals surface area (Å²) in [6.45, 7) is 7.72. The lowest BCUT2D eigenvalue weighted by atomic mass is 9.96. The summed E-state index contributed by atoms with van der Waals surface area (Å²) in [4.78, 5) is 23.2. The molecule has 1 aliphatic rings. The van der Waals surface area contributed by atoms with E-state index in [0.29, 0.717) is 18.7 Å². The number of carbonyl (C=O) groups is 2. The molecule has 0 spiro atoms. The summed E-state index contributed by atoms with van der Waals surface area (Å²) < 4.78 is 19.1. The van der Waals surface area contributed by atoms with Gasteiger partial charge in [-0.25, -0.2) is 4.21 Å². The second-order valence-electron chi connectivity index (χ2n) is 6.56. The second kappa shape index (κ2) is 6.80. The van der Waals surface area contributed by atoms with Crippen LogP contribution >= 0.6 is 0 Å². The molecule has 1 amide bonds. The molecule has 2 unspecified atom stereocenters. The number of nitrogens with zero attached hydrogens (tertiary/aromatic N) is 1. The van der Waals surface area contributed by atoms with E-state index in [0.717, 1.165) is 5.69 Å². The minimum Gasteiger partial charge on any atom is -0.353 e. The highest BCUT2D eigenvalue weighted by molar-refractivity contribution is 7.82. The molecule has 6 nitrogen and oxygen atoms in total. The van der Waals surface area contributed by atoms with Gasteiger partial charge in [-0.05, 0) is 31.2 Å². The first-order valence-electron chi connectivity index (χ1n) is 7.44. The van der Waals surface area contributed by atoms with Gasteiger partial charge in [0.2, 0.25) is 5.91 Å². The molecular formula is C16H22N2O4S. The van der Waals surface area contributed by atoms with Gasteiger partial charge in [0.05, 0.1) is 12.2 Å². The fourth-order valence-corrected chi connectivity index (χ4v) is 3.12. The van der Waals surface area contributed by atoms with E-state index in [1.54, 1.807) is 28.6 Å². The van der Waals surface area contributed by atoms with Crippen molar-refractivity contribution in [2.75, 3.05) is 17.4 Å². The Morgan fingerprint density at radius 1 is 1.30 bits per heavy atom. The minimum absolute atomic E-state index is 0.0156. The van der Waals surface area contributed by atoms with Crippen LogP contribution in [-0.2, 0) is 20.2 Å². The number of Topliss-reactive ketones (excluding diaryl/α,β-unsaturated/α-hetero) is 1. The Labute approximate surface area is 139 Å². The van der Waals surface area contributed by atoms with Gasteiger partial charge in [-0.15, -0.1) is 0 Å². The van der Waals surface area contributed by atoms with Crippen LogP contribution in [-0.4, -0.2) is 35.1 Å². The lowest BCUT2D eigenvalue weighted by Gasteiger charge is -2.19. The van der Waals surface area contributed by atoms with Gasteiger partial charge in [0.1, 0.15) is 6.10 Å². The topological polar surface area (TPSA) is 75.7 Å². The summed E-state index contributed by atoms with van der Waals surface area (Å²) in [7, 11) is 0. The summed E-state index contributed by atoms with van der Waals surface area (Å²) in [5.41, 5.74) is 0.853. The molecule has 1 fully saturated rings. The molecule has 1 aromatic carbocycles. The van der Waals surface area contributed by atoms with Gasteiger partial charge < -0.3 is 5.32 Å². The molecule has 2 atom stereocenters. The highest BCUT2D eigenvalue weighted by Crippen LogP contribution is 2.24. The number of amides is 1. The van der Waals surface area contributed by atoms with Crippen molar-refractivity contribution < 1.29 is 18.0 Å². The maximum Gasteiger partial charge on any atom is 0.265 e. The van der Waals surface area contributed by atoms with Crippen molar-refractivity contribution in [1.29, 1.82) is 0 Å². The van der Waals surface area contributed by atoms with Crippen LogP contribution in [0.15, 0.2) is 24.3 Å². The molecule has 1 aliphatic heterocycles. The first-order valence-corrected chi connectivity index (χ1v) is 8.47. The van der Waals surface area contributed by atoms with Crippen molar-refractivity contribution in [3.8, 4) is 0 Å². The molecule has 1 heterocycles. The molecule has 2 rings (SSSR count). The first-order chi connectivity index (χ1) is 10.7. The number of ketones is 1. The Morgan fingerprint density at radius 2 is 1.91 bits per heavy atom. The molecular weight excluding hydrogens is 316 g/mol. The zero-order valence-corrected chi connectivity index (χ0v) is 14.6. The lowest BCUT2D eigenvalue weighted by Crippen LogP contribution is -2.40. The van der Waals surface area contributed by atoms with E-state index in [2.05, 4.69) is 5.32 Å². The van der Waals surface area contributed by atoms with E-state index in [1.807, 2.05) is 20.8 Å². The highest BCUT2D eigenvalue weighted by atomic mass is 32.2. The summed E-state index contributed by atoms with van der Waals surface area (Å²) in [5.74, 6) is -0.0887. The van der Waals surface area contributed by atoms with E-state index in [4.69, 9.17) is 4.18 Å². The average molecular weight is 338 g/mol. The van der Waals surface area contributed by atoms with Crippen LogP contribution in [0, 0.1) is 5.41 Å². The molecule has 0 bridgehead atoms. The number of rotatable bonds is 4. The maximum absolute atomic E-state index is 12.1. The van der Waals surface area contributed by atoms with Crippen LogP contribution in [0.25, 0.3) is 0 Å². The van der Waals surface area contributed by atoms with E-state index in [-0.39, 0.29) is 17.8 Å². The summed E-state index contributed by atoms with van der Waals surface area (Å²) in [6, 6.07) is 6.88. The zero-order chi connectivity index (χ0) is 17.2. The fourth-order valence-electron chi connectivity index (χ4n) is 2.07. The SMILES string of the molecule is CC(=O)c1ccc(N2CC(CNC(=O)C(C)(C)C)OS2=O)cc1. The number of anilines is 1. The second-order valence-corrected chi connectivity index (χ2v) is 7.63. The fraction of sp³-hybridized carbons (Fsp3) is 0.500. The molecule has 1 N–H and O–H groups in total. The van der Waals surface area contributed by atoms with Gasteiger partial charge in [0, 0.05) is 17.5 Å². The Morgan fingerprint density at radius 3 is 2.43 bits per heavy atom. The molecule has 0 saturated carbocycles. The lowest BCUT2D eigenvalue weighted by molar-refractivity contribution is -0.128. The van der Waals surface area contributed by atoms with E-state index < -0.39 is 16.7 Å². The average Bonchev–Trinajstić information content (AvgIpc) is 2.85. The molecule has 0 aliphatic carbocycles. The van der Waals surface area contributed by atoms with Gasteiger partial charge in [-0.1, -0.05) is 20.8 Å². The number of carbonyl (C=O) groups excluding carboxylic acids is 2. The van der Waals surface area contributed by atoms with Crippen molar-refractivity contribution in [1.82, 2.24) is 5.32 Å². The molecule has 0 radical (unpaired) electrons. The Kier molecular flexibility index (Phi) is 5.21. The van der Waals surface area contributed by atoms with Crippen LogP contribution in [0.2, 0.25) is 0 Å². The third kappa shape index (κ3) is 4.39. The number of nitrogens with one attached hydrogen (secondary N) is 1. The standard InChI is InChI=1S/C16H22N2O4S/c1-11(19)12-5-7-13(8-6-12)18-10-14(22-23(18)21)9-17-15(20)16(2,3)4/h5-8,14H,9-10H2,1-4H3,(H,17,20). The predicted molar refractivity (Wildman–Crippen MR) is 89.3 cm³/mol. The van der Waals surface area contributed by atoms with Crippen molar-refractivity contribution in [3.05, 3.63) is 29.8 Å². The third-order valence-electron chi connectivity index (χ3n) is 3.50. The Balaban J connectivity index is 1.97. The van der Waals surface area contributed by atoms with Crippen molar-refractivity contribution in [2.24, 2.45) is 5.41 Å². The van der Waals surface area contributed by atoms with E-state index >= 15 is 0 Å². The summed E-state index contributed by atoms with van der Waals surface area (Å²) >= 11 is -1.60. The maximum atomic E-state index is 12.1. The smallest absolute Gasteiger partial charge is 0.265 e. The van der Waals surface area contributed by atoms with Gasteiger partial charge in [-0.3, -0.25) is 18.1 Å². The van der Waals surface area contributed by atoms with E-state index in [9.17, 15) is 13.8 Å². The molecule has 1 saturated heterocycles. The van der Waals surface area contributed by atoms with Crippen LogP contribution < -0.4 is 9.62 Å². The molecule has 1 aromatic rings. The van der Waals surface area contributed by atoms with Crippen LogP contribution in [0.3, 0.4) is 0 Å². The monoisotopic (exact) mass is 338 g/mol. The van der Waals surface area contributed by atoms with Gasteiger partial charge in [-0.2, -0.15) is 0 Å². The predicted octanol–water partition coefficient (Wildman–Crippen LogP) is 1.84. The van der Waals surface area contributed by atoms with Crippen molar-refractivity contribution >= 4 is 28.6 Å². The first kappa shape index (κ1) is 17.6.